The van der Waals surface area contributed by atoms with Gasteiger partial charge in [0.25, 0.3) is 0 Å². The lowest BCUT2D eigenvalue weighted by molar-refractivity contribution is -0.164. The first-order valence-corrected chi connectivity index (χ1v) is 5.28. The zero-order valence-corrected chi connectivity index (χ0v) is 8.56. The summed E-state index contributed by atoms with van der Waals surface area (Å²) in [5.41, 5.74) is 0.0831. The van der Waals surface area contributed by atoms with Crippen molar-refractivity contribution in [1.82, 2.24) is 0 Å². The van der Waals surface area contributed by atoms with Crippen molar-refractivity contribution < 1.29 is 9.53 Å². The number of hydrogen-bond acceptors (Lipinski definition) is 2. The average Bonchev–Trinajstić information content (AvgIpc) is 2.41. The molecular weight excluding hydrogens is 164 g/mol. The third-order valence-corrected chi connectivity index (χ3v) is 3.91. The minimum Gasteiger partial charge on any atom is -0.458 e. The van der Waals surface area contributed by atoms with Gasteiger partial charge < -0.3 is 4.74 Å². The lowest BCUT2D eigenvalue weighted by Crippen LogP contribution is -2.46. The van der Waals surface area contributed by atoms with Gasteiger partial charge >= 0.3 is 5.97 Å². The highest BCUT2D eigenvalue weighted by Gasteiger charge is 2.52. The van der Waals surface area contributed by atoms with Gasteiger partial charge in [-0.1, -0.05) is 20.3 Å². The van der Waals surface area contributed by atoms with Crippen LogP contribution in [0.3, 0.4) is 0 Å². The predicted molar refractivity (Wildman–Crippen MR) is 50.3 cm³/mol. The molecule has 1 heterocycles. The monoisotopic (exact) mass is 182 g/mol. The van der Waals surface area contributed by atoms with Crippen molar-refractivity contribution >= 4 is 5.97 Å². The number of rotatable bonds is 0. The summed E-state index contributed by atoms with van der Waals surface area (Å²) in [6, 6.07) is 0. The summed E-state index contributed by atoms with van der Waals surface area (Å²) in [5.74, 6) is 0.00924. The van der Waals surface area contributed by atoms with Crippen LogP contribution in [0.4, 0.5) is 0 Å². The minimum absolute atomic E-state index is 0.00924. The quantitative estimate of drug-likeness (QED) is 0.538. The highest BCUT2D eigenvalue weighted by atomic mass is 16.6. The highest BCUT2D eigenvalue weighted by molar-refractivity contribution is 5.72. The van der Waals surface area contributed by atoms with Gasteiger partial charge in [0.15, 0.2) is 0 Å². The molecule has 1 unspecified atom stereocenters. The minimum atomic E-state index is -0.109. The lowest BCUT2D eigenvalue weighted by atomic mass is 9.64. The second kappa shape index (κ2) is 2.73. The summed E-state index contributed by atoms with van der Waals surface area (Å²) in [6.45, 7) is 4.48. The van der Waals surface area contributed by atoms with Gasteiger partial charge in [-0.05, 0) is 25.7 Å². The second-order valence-electron chi connectivity index (χ2n) is 5.06. The van der Waals surface area contributed by atoms with Gasteiger partial charge in [0, 0.05) is 11.8 Å². The van der Waals surface area contributed by atoms with Crippen LogP contribution in [0.2, 0.25) is 0 Å². The fourth-order valence-corrected chi connectivity index (χ4v) is 2.82. The van der Waals surface area contributed by atoms with E-state index in [1.807, 2.05) is 0 Å². The molecule has 2 heteroatoms. The molecule has 1 aliphatic carbocycles. The van der Waals surface area contributed by atoms with E-state index in [1.54, 1.807) is 0 Å². The van der Waals surface area contributed by atoms with Crippen molar-refractivity contribution in [2.45, 2.75) is 58.0 Å². The van der Waals surface area contributed by atoms with E-state index < -0.39 is 0 Å². The summed E-state index contributed by atoms with van der Waals surface area (Å²) in [4.78, 5) is 11.2. The molecule has 1 saturated carbocycles. The van der Waals surface area contributed by atoms with Crippen LogP contribution in [0.25, 0.3) is 0 Å². The van der Waals surface area contributed by atoms with Gasteiger partial charge in [0.2, 0.25) is 0 Å². The molecule has 1 aliphatic heterocycles. The van der Waals surface area contributed by atoms with Crippen LogP contribution in [0.15, 0.2) is 0 Å². The van der Waals surface area contributed by atoms with Gasteiger partial charge in [0.05, 0.1) is 0 Å². The highest BCUT2D eigenvalue weighted by Crippen LogP contribution is 2.51. The van der Waals surface area contributed by atoms with Crippen molar-refractivity contribution in [3.63, 3.8) is 0 Å². The fraction of sp³-hybridized carbons (Fsp3) is 0.909. The van der Waals surface area contributed by atoms with E-state index >= 15 is 0 Å². The Labute approximate surface area is 79.7 Å². The Hall–Kier alpha value is -0.530. The predicted octanol–water partition coefficient (Wildman–Crippen LogP) is 2.66. The van der Waals surface area contributed by atoms with E-state index in [-0.39, 0.29) is 17.0 Å². The molecule has 1 spiro atoms. The zero-order chi connectivity index (χ0) is 9.53. The van der Waals surface area contributed by atoms with E-state index in [9.17, 15) is 4.79 Å². The van der Waals surface area contributed by atoms with E-state index in [4.69, 9.17) is 4.74 Å². The normalized spacial score (nSPS) is 37.8. The molecule has 0 N–H and O–H groups in total. The molecule has 1 atom stereocenters. The number of ether oxygens (including phenoxy) is 1. The van der Waals surface area contributed by atoms with E-state index in [0.717, 1.165) is 12.8 Å². The first-order valence-electron chi connectivity index (χ1n) is 5.28. The first kappa shape index (κ1) is 9.04. The maximum atomic E-state index is 11.2. The Morgan fingerprint density at radius 2 is 1.85 bits per heavy atom. The molecule has 2 nitrogen and oxygen atoms in total. The van der Waals surface area contributed by atoms with Gasteiger partial charge in [-0.3, -0.25) is 4.79 Å². The van der Waals surface area contributed by atoms with Gasteiger partial charge in [0.1, 0.15) is 5.60 Å². The molecule has 2 aliphatic rings. The Bertz CT molecular complexity index is 232. The molecule has 0 aromatic carbocycles. The maximum Gasteiger partial charge on any atom is 0.306 e. The number of carbonyl (C=O) groups is 1. The molecule has 0 aromatic rings. The lowest BCUT2D eigenvalue weighted by Gasteiger charge is -2.46. The van der Waals surface area contributed by atoms with Crippen LogP contribution < -0.4 is 0 Å². The first-order chi connectivity index (χ1) is 6.06. The van der Waals surface area contributed by atoms with Crippen molar-refractivity contribution in [3.8, 4) is 0 Å². The van der Waals surface area contributed by atoms with Gasteiger partial charge in [-0.15, -0.1) is 0 Å². The molecule has 0 radical (unpaired) electrons. The molecule has 2 rings (SSSR count). The van der Waals surface area contributed by atoms with E-state index in [2.05, 4.69) is 13.8 Å². The summed E-state index contributed by atoms with van der Waals surface area (Å²) in [6.07, 6.45) is 6.34. The summed E-state index contributed by atoms with van der Waals surface area (Å²) < 4.78 is 5.57. The van der Waals surface area contributed by atoms with Crippen LogP contribution in [0.5, 0.6) is 0 Å². The van der Waals surface area contributed by atoms with Crippen molar-refractivity contribution in [2.75, 3.05) is 0 Å². The largest absolute Gasteiger partial charge is 0.458 e. The fourth-order valence-electron chi connectivity index (χ4n) is 2.82. The molecule has 13 heavy (non-hydrogen) atoms. The standard InChI is InChI=1S/C11H18O2/c1-10(2)6-3-4-7-11(10)8-5-9(12)13-11/h3-8H2,1-2H3. The Kier molecular flexibility index (Phi) is 1.90. The van der Waals surface area contributed by atoms with Crippen LogP contribution in [-0.4, -0.2) is 11.6 Å². The van der Waals surface area contributed by atoms with E-state index in [0.29, 0.717) is 6.42 Å². The van der Waals surface area contributed by atoms with Crippen LogP contribution in [0, 0.1) is 5.41 Å². The summed E-state index contributed by atoms with van der Waals surface area (Å²) >= 11 is 0. The van der Waals surface area contributed by atoms with Crippen LogP contribution in [0.1, 0.15) is 52.4 Å². The summed E-state index contributed by atoms with van der Waals surface area (Å²) in [7, 11) is 0. The van der Waals surface area contributed by atoms with Crippen molar-refractivity contribution in [1.29, 1.82) is 0 Å². The van der Waals surface area contributed by atoms with Crippen LogP contribution >= 0.6 is 0 Å². The molecule has 0 aromatic heterocycles. The Morgan fingerprint density at radius 1 is 1.15 bits per heavy atom. The van der Waals surface area contributed by atoms with Gasteiger partial charge in [-0.25, -0.2) is 0 Å². The molecule has 1 saturated heterocycles. The molecule has 2 fully saturated rings. The van der Waals surface area contributed by atoms with Crippen LogP contribution in [-0.2, 0) is 9.53 Å². The Morgan fingerprint density at radius 3 is 2.38 bits per heavy atom. The topological polar surface area (TPSA) is 26.3 Å². The van der Waals surface area contributed by atoms with Gasteiger partial charge in [-0.2, -0.15) is 0 Å². The zero-order valence-electron chi connectivity index (χ0n) is 8.56. The maximum absolute atomic E-state index is 11.2. The summed E-state index contributed by atoms with van der Waals surface area (Å²) in [5, 5.41) is 0. The number of carbonyl (C=O) groups excluding carboxylic acids is 1. The average molecular weight is 182 g/mol. The number of esters is 1. The van der Waals surface area contributed by atoms with Crippen molar-refractivity contribution in [2.24, 2.45) is 5.41 Å². The molecular formula is C11H18O2. The van der Waals surface area contributed by atoms with E-state index in [1.165, 1.54) is 19.3 Å². The molecule has 74 valence electrons. The second-order valence-corrected chi connectivity index (χ2v) is 5.06. The molecule has 0 amide bonds. The third-order valence-electron chi connectivity index (χ3n) is 3.91. The Balaban J connectivity index is 2.23. The number of hydrogen-bond donors (Lipinski definition) is 0. The smallest absolute Gasteiger partial charge is 0.306 e. The molecule has 0 bridgehead atoms. The van der Waals surface area contributed by atoms with Crippen molar-refractivity contribution in [3.05, 3.63) is 0 Å². The third kappa shape index (κ3) is 1.27. The SMILES string of the molecule is CC1(C)CCCCC12CCC(=O)O2.